The summed E-state index contributed by atoms with van der Waals surface area (Å²) in [5.41, 5.74) is 6.21. The van der Waals surface area contributed by atoms with Crippen LogP contribution in [0.4, 0.5) is 0 Å². The summed E-state index contributed by atoms with van der Waals surface area (Å²) in [6, 6.07) is 0. The first kappa shape index (κ1) is 31.4. The molecule has 1 fully saturated rings. The zero-order valence-corrected chi connectivity index (χ0v) is 28.0. The smallest absolute Gasteiger partial charge is 0.192 e. The Balaban J connectivity index is 3.41. The topological polar surface area (TPSA) is 62.9 Å². The molecule has 0 spiro atoms. The molecule has 1 aliphatic rings. The van der Waals surface area contributed by atoms with E-state index in [1.165, 1.54) is 0 Å². The maximum atomic E-state index is 7.01. The van der Waals surface area contributed by atoms with Crippen molar-refractivity contribution in [2.75, 3.05) is 6.61 Å². The van der Waals surface area contributed by atoms with Crippen LogP contribution in [-0.4, -0.2) is 61.0 Å². The van der Waals surface area contributed by atoms with E-state index >= 15 is 0 Å². The van der Waals surface area contributed by atoms with Gasteiger partial charge < -0.3 is 23.7 Å². The Kier molecular flexibility index (Phi) is 9.55. The van der Waals surface area contributed by atoms with Gasteiger partial charge in [0.05, 0.1) is 6.61 Å². The third-order valence-electron chi connectivity index (χ3n) is 8.48. The Hall–Kier alpha value is 0.381. The normalized spacial score (nSPS) is 26.0. The molecule has 33 heavy (non-hydrogen) atoms. The summed E-state index contributed by atoms with van der Waals surface area (Å²) < 4.78 is 27.0. The van der Waals surface area contributed by atoms with Crippen LogP contribution < -0.4 is 5.73 Å². The van der Waals surface area contributed by atoms with Crippen LogP contribution in [0.5, 0.6) is 0 Å². The number of ether oxygens (including phenoxy) is 1. The van der Waals surface area contributed by atoms with E-state index in [1.54, 1.807) is 0 Å². The van der Waals surface area contributed by atoms with Gasteiger partial charge in [-0.25, -0.2) is 0 Å². The highest BCUT2D eigenvalue weighted by Gasteiger charge is 2.54. The second-order valence-corrected chi connectivity index (χ2v) is 29.0. The van der Waals surface area contributed by atoms with E-state index in [0.717, 1.165) is 0 Å². The number of hydrogen-bond acceptors (Lipinski definition) is 5. The van der Waals surface area contributed by atoms with Crippen molar-refractivity contribution in [1.82, 2.24) is 0 Å². The molecular formula is C24H53NO4SSi3. The minimum atomic E-state index is -2.13. The van der Waals surface area contributed by atoms with Crippen LogP contribution in [0.25, 0.3) is 0 Å². The van der Waals surface area contributed by atoms with Crippen molar-refractivity contribution < 1.29 is 18.0 Å². The van der Waals surface area contributed by atoms with E-state index in [0.29, 0.717) is 11.6 Å². The van der Waals surface area contributed by atoms with E-state index in [1.807, 2.05) is 0 Å². The standard InChI is InChI=1S/C24H53NO4SSi3/c1-22(2,3)31(10,11)26-16-17-18(28-32(12,13)23(4,5)6)19(20(27-17)21(25)30)29-33(14,15)24(7,8)9/h17-20H,16H2,1-15H3,(H2,25,30)/t17-,18-,19-,20-/m1/s1. The molecule has 196 valence electrons. The number of nitrogens with two attached hydrogens (primary N) is 1. The van der Waals surface area contributed by atoms with Gasteiger partial charge in [-0.1, -0.05) is 74.5 Å². The summed E-state index contributed by atoms with van der Waals surface area (Å²) in [6.07, 6.45) is -1.34. The molecule has 1 rings (SSSR count). The van der Waals surface area contributed by atoms with Crippen LogP contribution in [0.3, 0.4) is 0 Å². The first-order chi connectivity index (χ1) is 14.3. The molecule has 0 aromatic carbocycles. The fourth-order valence-corrected chi connectivity index (χ4v) is 6.72. The van der Waals surface area contributed by atoms with Gasteiger partial charge in [0.2, 0.25) is 0 Å². The van der Waals surface area contributed by atoms with Crippen molar-refractivity contribution in [1.29, 1.82) is 0 Å². The first-order valence-electron chi connectivity index (χ1n) is 12.3. The Bertz CT molecular complexity index is 693. The summed E-state index contributed by atoms with van der Waals surface area (Å²) >= 11 is 5.46. The maximum absolute atomic E-state index is 7.01. The zero-order valence-electron chi connectivity index (χ0n) is 24.1. The average molecular weight is 536 g/mol. The maximum Gasteiger partial charge on any atom is 0.192 e. The zero-order chi connectivity index (χ0) is 26.4. The van der Waals surface area contributed by atoms with Crippen LogP contribution in [-0.2, 0) is 18.0 Å². The van der Waals surface area contributed by atoms with E-state index in [4.69, 9.17) is 36.0 Å². The Morgan fingerprint density at radius 1 is 0.727 bits per heavy atom. The average Bonchev–Trinajstić information content (AvgIpc) is 2.87. The highest BCUT2D eigenvalue weighted by Crippen LogP contribution is 2.44. The fourth-order valence-electron chi connectivity index (χ4n) is 2.90. The molecule has 0 aromatic rings. The number of hydrogen-bond donors (Lipinski definition) is 1. The first-order valence-corrected chi connectivity index (χ1v) is 21.4. The fraction of sp³-hybridized carbons (Fsp3) is 0.958. The highest BCUT2D eigenvalue weighted by atomic mass is 32.1. The lowest BCUT2D eigenvalue weighted by molar-refractivity contribution is -0.00105. The molecular weight excluding hydrogens is 483 g/mol. The van der Waals surface area contributed by atoms with Gasteiger partial charge in [0, 0.05) is 0 Å². The van der Waals surface area contributed by atoms with Crippen molar-refractivity contribution in [3.8, 4) is 0 Å². The minimum Gasteiger partial charge on any atom is -0.414 e. The second-order valence-electron chi connectivity index (χ2n) is 14.3. The Labute approximate surface area is 213 Å². The van der Waals surface area contributed by atoms with Crippen LogP contribution in [0.15, 0.2) is 0 Å². The van der Waals surface area contributed by atoms with Gasteiger partial charge in [-0.05, 0) is 54.4 Å². The SMILES string of the molecule is CC(C)(C)[Si](C)(C)OC[C@H]1O[C@@H](C(N)=S)[C@H](O[Si](C)(C)C(C)(C)C)[C@@H]1O[Si](C)(C)C(C)(C)C. The molecule has 1 heterocycles. The number of rotatable bonds is 8. The van der Waals surface area contributed by atoms with Crippen LogP contribution in [0.1, 0.15) is 62.3 Å². The van der Waals surface area contributed by atoms with Crippen LogP contribution in [0.2, 0.25) is 54.4 Å². The molecule has 0 saturated carbocycles. The van der Waals surface area contributed by atoms with Crippen molar-refractivity contribution in [2.24, 2.45) is 5.73 Å². The monoisotopic (exact) mass is 535 g/mol. The quantitative estimate of drug-likeness (QED) is 0.271. The molecule has 1 aliphatic heterocycles. The highest BCUT2D eigenvalue weighted by molar-refractivity contribution is 7.80. The van der Waals surface area contributed by atoms with Gasteiger partial charge in [0.1, 0.15) is 29.4 Å². The molecule has 0 amide bonds. The van der Waals surface area contributed by atoms with Gasteiger partial charge >= 0.3 is 0 Å². The molecule has 0 unspecified atom stereocenters. The Morgan fingerprint density at radius 3 is 1.42 bits per heavy atom. The summed E-state index contributed by atoms with van der Waals surface area (Å²) in [6.45, 7) is 34.3. The molecule has 0 radical (unpaired) electrons. The predicted molar refractivity (Wildman–Crippen MR) is 153 cm³/mol. The lowest BCUT2D eigenvalue weighted by atomic mass is 10.1. The molecule has 9 heteroatoms. The molecule has 1 saturated heterocycles. The summed E-state index contributed by atoms with van der Waals surface area (Å²) in [7, 11) is -6.22. The van der Waals surface area contributed by atoms with Gasteiger partial charge in [-0.3, -0.25) is 0 Å². The van der Waals surface area contributed by atoms with Crippen molar-refractivity contribution in [3.05, 3.63) is 0 Å². The van der Waals surface area contributed by atoms with E-state index in [-0.39, 0.29) is 33.4 Å². The van der Waals surface area contributed by atoms with Gasteiger partial charge in [-0.2, -0.15) is 0 Å². The van der Waals surface area contributed by atoms with Gasteiger partial charge in [-0.15, -0.1) is 0 Å². The molecule has 0 bridgehead atoms. The minimum absolute atomic E-state index is 0.0466. The summed E-state index contributed by atoms with van der Waals surface area (Å²) in [5, 5.41) is 0.215. The van der Waals surface area contributed by atoms with Gasteiger partial charge in [0.15, 0.2) is 25.0 Å². The third-order valence-corrected chi connectivity index (χ3v) is 22.2. The molecule has 0 aliphatic carbocycles. The summed E-state index contributed by atoms with van der Waals surface area (Å²) in [4.78, 5) is 0.331. The Morgan fingerprint density at radius 2 is 1.09 bits per heavy atom. The van der Waals surface area contributed by atoms with E-state index in [9.17, 15) is 0 Å². The second kappa shape index (κ2) is 10.0. The summed E-state index contributed by atoms with van der Waals surface area (Å²) in [5.74, 6) is 0. The lowest BCUT2D eigenvalue weighted by Crippen LogP contribution is -2.55. The van der Waals surface area contributed by atoms with E-state index < -0.39 is 31.1 Å². The molecule has 2 N–H and O–H groups in total. The van der Waals surface area contributed by atoms with Crippen molar-refractivity contribution in [2.45, 2.75) is 141 Å². The van der Waals surface area contributed by atoms with Crippen LogP contribution >= 0.6 is 12.2 Å². The third kappa shape index (κ3) is 7.44. The largest absolute Gasteiger partial charge is 0.414 e. The molecule has 0 aromatic heterocycles. The predicted octanol–water partition coefficient (Wildman–Crippen LogP) is 6.84. The van der Waals surface area contributed by atoms with Crippen molar-refractivity contribution >= 4 is 42.2 Å². The number of thiocarbonyl (C=S) groups is 1. The van der Waals surface area contributed by atoms with E-state index in [2.05, 4.69) is 102 Å². The van der Waals surface area contributed by atoms with Crippen LogP contribution in [0, 0.1) is 0 Å². The lowest BCUT2D eigenvalue weighted by Gasteiger charge is -2.44. The molecule has 4 atom stereocenters. The molecule has 5 nitrogen and oxygen atoms in total. The van der Waals surface area contributed by atoms with Crippen molar-refractivity contribution in [3.63, 3.8) is 0 Å². The van der Waals surface area contributed by atoms with Gasteiger partial charge in [0.25, 0.3) is 0 Å².